The summed E-state index contributed by atoms with van der Waals surface area (Å²) in [6.45, 7) is 3.90. The van der Waals surface area contributed by atoms with Crippen molar-refractivity contribution in [1.29, 1.82) is 0 Å². The van der Waals surface area contributed by atoms with E-state index in [-0.39, 0.29) is 6.61 Å². The first-order valence-electron chi connectivity index (χ1n) is 8.84. The normalized spacial score (nSPS) is 11.7. The zero-order valence-electron chi connectivity index (χ0n) is 14.8. The lowest BCUT2D eigenvalue weighted by Crippen LogP contribution is -2.21. The number of hydrogen-bond donors (Lipinski definition) is 0. The third-order valence-electron chi connectivity index (χ3n) is 4.12. The molecule has 1 nitrogen and oxygen atoms in total. The van der Waals surface area contributed by atoms with Crippen LogP contribution in [0.3, 0.4) is 0 Å². The summed E-state index contributed by atoms with van der Waals surface area (Å²) in [4.78, 5) is 0. The second kappa shape index (κ2) is 9.04. The van der Waals surface area contributed by atoms with E-state index in [2.05, 4.69) is 6.92 Å². The van der Waals surface area contributed by atoms with Crippen LogP contribution in [0.4, 0.5) is 13.2 Å². The molecule has 0 aliphatic heterocycles. The summed E-state index contributed by atoms with van der Waals surface area (Å²) in [5.41, 5.74) is 2.17. The number of aryl methyl sites for hydroxylation is 2. The van der Waals surface area contributed by atoms with Gasteiger partial charge in [-0.1, -0.05) is 57.0 Å². The van der Waals surface area contributed by atoms with E-state index in [9.17, 15) is 13.2 Å². The number of ether oxygens (including phenoxy) is 1. The molecule has 0 atom stereocenters. The smallest absolute Gasteiger partial charge is 0.316 e. The van der Waals surface area contributed by atoms with Gasteiger partial charge < -0.3 is 4.74 Å². The molecule has 2 aromatic carbocycles. The molecule has 4 heteroatoms. The molecule has 0 fully saturated rings. The molecule has 136 valence electrons. The summed E-state index contributed by atoms with van der Waals surface area (Å²) in [5.74, 6) is -0.917. The highest BCUT2D eigenvalue weighted by Crippen LogP contribution is 2.32. The van der Waals surface area contributed by atoms with E-state index in [0.717, 1.165) is 30.9 Å². The summed E-state index contributed by atoms with van der Waals surface area (Å²) in [6.07, 6.45) is 0.300. The Labute approximate surface area is 147 Å². The number of hydrogen-bond acceptors (Lipinski definition) is 1. The Morgan fingerprint density at radius 3 is 1.88 bits per heavy atom. The van der Waals surface area contributed by atoms with E-state index in [4.69, 9.17) is 4.74 Å². The zero-order chi connectivity index (χ0) is 18.3. The molecule has 0 saturated carbocycles. The average molecular weight is 350 g/mol. The Balaban J connectivity index is 1.94. The first kappa shape index (κ1) is 19.5. The Bertz CT molecular complexity index is 665. The largest absolute Gasteiger partial charge is 0.386 e. The summed E-state index contributed by atoms with van der Waals surface area (Å²) >= 11 is 0. The van der Waals surface area contributed by atoms with Gasteiger partial charge in [-0.15, -0.1) is 0 Å². The van der Waals surface area contributed by atoms with Crippen molar-refractivity contribution < 1.29 is 17.9 Å². The van der Waals surface area contributed by atoms with Gasteiger partial charge in [-0.05, 0) is 48.1 Å². The van der Waals surface area contributed by atoms with Crippen molar-refractivity contribution in [2.24, 2.45) is 0 Å². The predicted molar refractivity (Wildman–Crippen MR) is 94.4 cm³/mol. The Hall–Kier alpha value is -1.81. The van der Waals surface area contributed by atoms with Gasteiger partial charge in [0.05, 0.1) is 12.2 Å². The van der Waals surface area contributed by atoms with Crippen molar-refractivity contribution >= 4 is 0 Å². The van der Waals surface area contributed by atoms with E-state index in [1.54, 1.807) is 0 Å². The van der Waals surface area contributed by atoms with Gasteiger partial charge in [-0.3, -0.25) is 0 Å². The maximum Gasteiger partial charge on any atom is 0.386 e. The van der Waals surface area contributed by atoms with Gasteiger partial charge in [0, 0.05) is 0 Å². The van der Waals surface area contributed by atoms with Gasteiger partial charge in [0.15, 0.2) is 0 Å². The fraction of sp³-hybridized carbons (Fsp3) is 0.429. The monoisotopic (exact) mass is 350 g/mol. The van der Waals surface area contributed by atoms with Crippen molar-refractivity contribution in [2.75, 3.05) is 6.61 Å². The topological polar surface area (TPSA) is 9.23 Å². The molecule has 0 radical (unpaired) electrons. The second-order valence-corrected chi connectivity index (χ2v) is 6.25. The van der Waals surface area contributed by atoms with E-state index in [0.29, 0.717) is 18.4 Å². The molecule has 0 heterocycles. The molecule has 0 bridgehead atoms. The van der Waals surface area contributed by atoms with Gasteiger partial charge in [-0.25, -0.2) is 4.39 Å². The third-order valence-corrected chi connectivity index (χ3v) is 4.12. The van der Waals surface area contributed by atoms with Crippen LogP contribution in [0, 0.1) is 5.82 Å². The molecule has 0 aliphatic rings. The Kier molecular flexibility index (Phi) is 7.06. The minimum atomic E-state index is -3.63. The lowest BCUT2D eigenvalue weighted by atomic mass is 10.1. The molecule has 25 heavy (non-hydrogen) atoms. The maximum absolute atomic E-state index is 14.1. The van der Waals surface area contributed by atoms with Crippen LogP contribution in [0.15, 0.2) is 42.5 Å². The number of alkyl halides is 2. The quantitative estimate of drug-likeness (QED) is 0.536. The van der Waals surface area contributed by atoms with E-state index < -0.39 is 17.5 Å². The minimum absolute atomic E-state index is 0.170. The van der Waals surface area contributed by atoms with Gasteiger partial charge in [-0.2, -0.15) is 8.78 Å². The molecule has 2 rings (SSSR count). The third kappa shape index (κ3) is 5.60. The molecular weight excluding hydrogens is 325 g/mol. The fourth-order valence-corrected chi connectivity index (χ4v) is 2.77. The van der Waals surface area contributed by atoms with Gasteiger partial charge in [0.25, 0.3) is 0 Å². The first-order valence-corrected chi connectivity index (χ1v) is 8.84. The summed E-state index contributed by atoms with van der Waals surface area (Å²) in [5, 5.41) is 0. The zero-order valence-corrected chi connectivity index (χ0v) is 14.8. The van der Waals surface area contributed by atoms with E-state index in [1.165, 1.54) is 17.7 Å². The Morgan fingerprint density at radius 2 is 1.32 bits per heavy atom. The lowest BCUT2D eigenvalue weighted by molar-refractivity contribution is -0.249. The van der Waals surface area contributed by atoms with Crippen molar-refractivity contribution in [3.63, 3.8) is 0 Å². The molecule has 0 saturated heterocycles. The highest BCUT2D eigenvalue weighted by atomic mass is 19.3. The molecule has 0 spiro atoms. The minimum Gasteiger partial charge on any atom is -0.316 e. The summed E-state index contributed by atoms with van der Waals surface area (Å²) in [7, 11) is 0. The Morgan fingerprint density at radius 1 is 0.800 bits per heavy atom. The first-order chi connectivity index (χ1) is 12.0. The lowest BCUT2D eigenvalue weighted by Gasteiger charge is -2.18. The van der Waals surface area contributed by atoms with Crippen molar-refractivity contribution in [3.8, 4) is 0 Å². The number of halogens is 3. The maximum atomic E-state index is 14.1. The van der Waals surface area contributed by atoms with Crippen molar-refractivity contribution in [1.82, 2.24) is 0 Å². The molecule has 0 aliphatic carbocycles. The number of benzene rings is 2. The molecule has 2 aromatic rings. The molecule has 0 amide bonds. The van der Waals surface area contributed by atoms with Gasteiger partial charge in [0.2, 0.25) is 0 Å². The van der Waals surface area contributed by atoms with Crippen LogP contribution in [0.5, 0.6) is 0 Å². The number of rotatable bonds is 9. The van der Waals surface area contributed by atoms with Crippen LogP contribution in [-0.2, 0) is 30.1 Å². The SMILES string of the molecule is CCCc1ccc(CCOC(F)(F)c2ccc(CCC)cc2F)cc1. The van der Waals surface area contributed by atoms with Crippen molar-refractivity contribution in [3.05, 3.63) is 70.5 Å². The highest BCUT2D eigenvalue weighted by molar-refractivity contribution is 5.27. The van der Waals surface area contributed by atoms with Crippen LogP contribution >= 0.6 is 0 Å². The second-order valence-electron chi connectivity index (χ2n) is 6.25. The van der Waals surface area contributed by atoms with Gasteiger partial charge in [0.1, 0.15) is 5.82 Å². The molecule has 0 N–H and O–H groups in total. The van der Waals surface area contributed by atoms with Crippen LogP contribution < -0.4 is 0 Å². The van der Waals surface area contributed by atoms with Crippen LogP contribution in [-0.4, -0.2) is 6.61 Å². The van der Waals surface area contributed by atoms with Crippen LogP contribution in [0.1, 0.15) is 48.9 Å². The van der Waals surface area contributed by atoms with Gasteiger partial charge >= 0.3 is 6.11 Å². The molecular formula is C21H25F3O. The highest BCUT2D eigenvalue weighted by Gasteiger charge is 2.35. The standard InChI is InChI=1S/C21H25F3O/c1-3-5-16-7-9-17(10-8-16)13-14-25-21(23,24)19-12-11-18(6-4-2)15-20(19)22/h7-12,15H,3-6,13-14H2,1-2H3. The molecule has 0 aromatic heterocycles. The van der Waals surface area contributed by atoms with Crippen LogP contribution in [0.25, 0.3) is 0 Å². The average Bonchev–Trinajstić information content (AvgIpc) is 2.57. The van der Waals surface area contributed by atoms with Crippen LogP contribution in [0.2, 0.25) is 0 Å². The fourth-order valence-electron chi connectivity index (χ4n) is 2.77. The van der Waals surface area contributed by atoms with E-state index in [1.807, 2.05) is 31.2 Å². The van der Waals surface area contributed by atoms with E-state index >= 15 is 0 Å². The predicted octanol–water partition coefficient (Wildman–Crippen LogP) is 6.04. The van der Waals surface area contributed by atoms with Crippen molar-refractivity contribution in [2.45, 2.75) is 52.1 Å². The summed E-state index contributed by atoms with van der Waals surface area (Å²) < 4.78 is 47.0. The molecule has 0 unspecified atom stereocenters. The summed E-state index contributed by atoms with van der Waals surface area (Å²) in [6, 6.07) is 11.7.